The molecule has 0 bridgehead atoms. The Morgan fingerprint density at radius 2 is 1.21 bits per heavy atom. The number of benzene rings is 3. The van der Waals surface area contributed by atoms with E-state index in [1.165, 1.54) is 0 Å². The zero-order chi connectivity index (χ0) is 23.3. The molecule has 0 aromatic heterocycles. The average Bonchev–Trinajstić information content (AvgIpc) is 2.83. The van der Waals surface area contributed by atoms with Gasteiger partial charge in [0, 0.05) is 6.42 Å². The van der Waals surface area contributed by atoms with Crippen molar-refractivity contribution in [2.75, 3.05) is 13.2 Å². The van der Waals surface area contributed by atoms with Crippen LogP contribution < -0.4 is 20.1 Å². The Morgan fingerprint density at radius 1 is 0.697 bits per heavy atom. The zero-order valence-electron chi connectivity index (χ0n) is 17.8. The van der Waals surface area contributed by atoms with Crippen LogP contribution >= 0.6 is 0 Å². The van der Waals surface area contributed by atoms with E-state index < -0.39 is 24.2 Å². The van der Waals surface area contributed by atoms with Crippen molar-refractivity contribution < 1.29 is 28.6 Å². The highest BCUT2D eigenvalue weighted by Gasteiger charge is 2.24. The van der Waals surface area contributed by atoms with Crippen molar-refractivity contribution in [2.45, 2.75) is 12.5 Å². The number of carbonyl (C=O) groups is 3. The second kappa shape index (κ2) is 12.5. The van der Waals surface area contributed by atoms with Crippen LogP contribution in [0.25, 0.3) is 0 Å². The van der Waals surface area contributed by atoms with Crippen molar-refractivity contribution in [1.29, 1.82) is 0 Å². The molecule has 3 aromatic carbocycles. The fourth-order valence-corrected chi connectivity index (χ4v) is 2.85. The fourth-order valence-electron chi connectivity index (χ4n) is 2.85. The first-order chi connectivity index (χ1) is 16.1. The molecule has 0 spiro atoms. The smallest absolute Gasteiger partial charge is 0.413 e. The number of nitrogens with one attached hydrogen (secondary N) is 2. The summed E-state index contributed by atoms with van der Waals surface area (Å²) in [5.41, 5.74) is 0.837. The van der Waals surface area contributed by atoms with E-state index in [-0.39, 0.29) is 19.6 Å². The molecular weight excluding hydrogens is 424 g/mol. The maximum Gasteiger partial charge on any atom is 0.413 e. The molecule has 33 heavy (non-hydrogen) atoms. The maximum absolute atomic E-state index is 12.6. The summed E-state index contributed by atoms with van der Waals surface area (Å²) < 4.78 is 15.6. The van der Waals surface area contributed by atoms with Gasteiger partial charge in [-0.25, -0.2) is 14.4 Å². The van der Waals surface area contributed by atoms with Gasteiger partial charge in [-0.2, -0.15) is 0 Å². The molecule has 0 aliphatic heterocycles. The number of esters is 1. The lowest BCUT2D eigenvalue weighted by Gasteiger charge is -2.18. The standard InChI is InChI=1S/C25H24N2O6/c28-23(31-17-16-26-24(29)32-20-12-6-2-7-13-20)22(18-19-10-4-1-5-11-19)27-25(30)33-21-14-8-3-9-15-21/h1-15,22H,16-18H2,(H,26,29)(H,27,30). The number of hydrogen-bond acceptors (Lipinski definition) is 6. The van der Waals surface area contributed by atoms with Gasteiger partial charge in [0.2, 0.25) is 0 Å². The first-order valence-corrected chi connectivity index (χ1v) is 10.3. The third kappa shape index (κ3) is 8.37. The molecular formula is C25H24N2O6. The molecule has 2 amide bonds. The van der Waals surface area contributed by atoms with E-state index in [4.69, 9.17) is 14.2 Å². The first-order valence-electron chi connectivity index (χ1n) is 10.3. The van der Waals surface area contributed by atoms with Gasteiger partial charge >= 0.3 is 18.2 Å². The van der Waals surface area contributed by atoms with Crippen molar-refractivity contribution in [3.63, 3.8) is 0 Å². The van der Waals surface area contributed by atoms with Crippen molar-refractivity contribution in [3.8, 4) is 11.5 Å². The van der Waals surface area contributed by atoms with Crippen LogP contribution in [0.2, 0.25) is 0 Å². The van der Waals surface area contributed by atoms with Crippen molar-refractivity contribution in [3.05, 3.63) is 96.6 Å². The van der Waals surface area contributed by atoms with Crippen molar-refractivity contribution >= 4 is 18.2 Å². The molecule has 1 atom stereocenters. The second-order valence-corrected chi connectivity index (χ2v) is 6.89. The molecule has 0 heterocycles. The van der Waals surface area contributed by atoms with E-state index in [1.54, 1.807) is 60.7 Å². The molecule has 0 radical (unpaired) electrons. The lowest BCUT2D eigenvalue weighted by atomic mass is 10.1. The SMILES string of the molecule is O=C(NCCOC(=O)C(Cc1ccccc1)NC(=O)Oc1ccccc1)Oc1ccccc1. The highest BCUT2D eigenvalue weighted by Crippen LogP contribution is 2.10. The molecule has 0 saturated carbocycles. The van der Waals surface area contributed by atoms with E-state index in [1.807, 2.05) is 30.3 Å². The van der Waals surface area contributed by atoms with Gasteiger partial charge in [-0.05, 0) is 29.8 Å². The molecule has 8 nitrogen and oxygen atoms in total. The van der Waals surface area contributed by atoms with Gasteiger partial charge in [0.25, 0.3) is 0 Å². The maximum atomic E-state index is 12.6. The molecule has 2 N–H and O–H groups in total. The van der Waals surface area contributed by atoms with Crippen molar-refractivity contribution in [1.82, 2.24) is 10.6 Å². The molecule has 3 rings (SSSR count). The predicted octanol–water partition coefficient (Wildman–Crippen LogP) is 3.72. The summed E-state index contributed by atoms with van der Waals surface area (Å²) in [6, 6.07) is 25.3. The van der Waals surface area contributed by atoms with Gasteiger partial charge in [-0.15, -0.1) is 0 Å². The van der Waals surface area contributed by atoms with Gasteiger partial charge < -0.3 is 24.8 Å². The van der Waals surface area contributed by atoms with Crippen LogP contribution in [0, 0.1) is 0 Å². The second-order valence-electron chi connectivity index (χ2n) is 6.89. The van der Waals surface area contributed by atoms with Gasteiger partial charge in [0.05, 0.1) is 6.54 Å². The minimum Gasteiger partial charge on any atom is -0.462 e. The summed E-state index contributed by atoms with van der Waals surface area (Å²) in [4.78, 5) is 36.7. The van der Waals surface area contributed by atoms with E-state index in [9.17, 15) is 14.4 Å². The van der Waals surface area contributed by atoms with Gasteiger partial charge in [0.15, 0.2) is 0 Å². The van der Waals surface area contributed by atoms with Crippen LogP contribution in [0.5, 0.6) is 11.5 Å². The molecule has 3 aromatic rings. The number of ether oxygens (including phenoxy) is 3. The fraction of sp³-hybridized carbons (Fsp3) is 0.160. The van der Waals surface area contributed by atoms with Crippen LogP contribution in [-0.4, -0.2) is 37.3 Å². The van der Waals surface area contributed by atoms with Crippen LogP contribution in [0.3, 0.4) is 0 Å². The molecule has 0 saturated heterocycles. The predicted molar refractivity (Wildman–Crippen MR) is 121 cm³/mol. The summed E-state index contributed by atoms with van der Waals surface area (Å²) in [7, 11) is 0. The van der Waals surface area contributed by atoms with Crippen LogP contribution in [0.4, 0.5) is 9.59 Å². The quantitative estimate of drug-likeness (QED) is 0.382. The Hall–Kier alpha value is -4.33. The Labute approximate surface area is 191 Å². The Kier molecular flexibility index (Phi) is 8.84. The Morgan fingerprint density at radius 3 is 1.79 bits per heavy atom. The summed E-state index contributed by atoms with van der Waals surface area (Å²) in [6.07, 6.45) is -1.22. The number of carbonyl (C=O) groups excluding carboxylic acids is 3. The number of amides is 2. The van der Waals surface area contributed by atoms with Crippen LogP contribution in [0.15, 0.2) is 91.0 Å². The van der Waals surface area contributed by atoms with E-state index in [0.717, 1.165) is 5.56 Å². The number of rotatable bonds is 9. The highest BCUT2D eigenvalue weighted by atomic mass is 16.6. The third-order valence-electron chi connectivity index (χ3n) is 4.38. The van der Waals surface area contributed by atoms with E-state index in [0.29, 0.717) is 11.5 Å². The zero-order valence-corrected chi connectivity index (χ0v) is 17.8. The molecule has 0 aliphatic rings. The van der Waals surface area contributed by atoms with Gasteiger partial charge in [-0.3, -0.25) is 0 Å². The van der Waals surface area contributed by atoms with Gasteiger partial charge in [0.1, 0.15) is 24.1 Å². The molecule has 8 heteroatoms. The number of para-hydroxylation sites is 2. The topological polar surface area (TPSA) is 103 Å². The van der Waals surface area contributed by atoms with Gasteiger partial charge in [-0.1, -0.05) is 66.7 Å². The summed E-state index contributed by atoms with van der Waals surface area (Å²) in [6.45, 7) is -0.0483. The monoisotopic (exact) mass is 448 g/mol. The summed E-state index contributed by atoms with van der Waals surface area (Å²) >= 11 is 0. The lowest BCUT2D eigenvalue weighted by Crippen LogP contribution is -2.45. The summed E-state index contributed by atoms with van der Waals surface area (Å²) in [5.74, 6) is 0.0982. The molecule has 1 unspecified atom stereocenters. The largest absolute Gasteiger partial charge is 0.462 e. The average molecular weight is 448 g/mol. The van der Waals surface area contributed by atoms with Crippen molar-refractivity contribution in [2.24, 2.45) is 0 Å². The first kappa shape index (κ1) is 23.3. The van der Waals surface area contributed by atoms with E-state index in [2.05, 4.69) is 10.6 Å². The highest BCUT2D eigenvalue weighted by molar-refractivity contribution is 5.82. The molecule has 0 fully saturated rings. The summed E-state index contributed by atoms with van der Waals surface area (Å²) in [5, 5.41) is 5.05. The minimum atomic E-state index is -0.972. The Bertz CT molecular complexity index is 1030. The third-order valence-corrected chi connectivity index (χ3v) is 4.38. The minimum absolute atomic E-state index is 0.0456. The van der Waals surface area contributed by atoms with Crippen LogP contribution in [-0.2, 0) is 16.0 Å². The molecule has 0 aliphatic carbocycles. The normalized spacial score (nSPS) is 11.0. The number of hydrogen-bond donors (Lipinski definition) is 2. The van der Waals surface area contributed by atoms with E-state index >= 15 is 0 Å². The molecule has 170 valence electrons. The Balaban J connectivity index is 1.50. The lowest BCUT2D eigenvalue weighted by molar-refractivity contribution is -0.145. The van der Waals surface area contributed by atoms with Crippen LogP contribution in [0.1, 0.15) is 5.56 Å².